The van der Waals surface area contributed by atoms with E-state index in [4.69, 9.17) is 5.73 Å². The Labute approximate surface area is 102 Å². The molecule has 1 rings (SSSR count). The Bertz CT molecular complexity index is 343. The van der Waals surface area contributed by atoms with Crippen LogP contribution in [-0.2, 0) is 6.42 Å². The third-order valence-corrected chi connectivity index (χ3v) is 2.52. The van der Waals surface area contributed by atoms with Gasteiger partial charge in [-0.25, -0.2) is 9.97 Å². The number of aliphatic hydroxyl groups excluding tert-OH is 1. The van der Waals surface area contributed by atoms with Crippen LogP contribution in [0.3, 0.4) is 0 Å². The van der Waals surface area contributed by atoms with Crippen molar-refractivity contribution in [3.8, 4) is 0 Å². The highest BCUT2D eigenvalue weighted by molar-refractivity contribution is 5.44. The number of nitrogens with zero attached hydrogens (tertiary/aromatic N) is 2. The first-order chi connectivity index (χ1) is 8.15. The first-order valence-corrected chi connectivity index (χ1v) is 6.21. The van der Waals surface area contributed by atoms with Crippen molar-refractivity contribution in [1.82, 2.24) is 9.97 Å². The summed E-state index contributed by atoms with van der Waals surface area (Å²) in [6.07, 6.45) is 3.06. The smallest absolute Gasteiger partial charge is 0.133 e. The van der Waals surface area contributed by atoms with Gasteiger partial charge in [-0.05, 0) is 19.3 Å². The summed E-state index contributed by atoms with van der Waals surface area (Å²) >= 11 is 0. The summed E-state index contributed by atoms with van der Waals surface area (Å²) in [4.78, 5) is 8.52. The zero-order valence-corrected chi connectivity index (χ0v) is 10.6. The maximum atomic E-state index is 9.43. The molecule has 5 nitrogen and oxygen atoms in total. The van der Waals surface area contributed by atoms with E-state index in [9.17, 15) is 5.11 Å². The molecule has 0 fully saturated rings. The molecule has 0 bridgehead atoms. The summed E-state index contributed by atoms with van der Waals surface area (Å²) in [6.45, 7) is 4.74. The maximum Gasteiger partial charge on any atom is 0.133 e. The van der Waals surface area contributed by atoms with Gasteiger partial charge in [0.25, 0.3) is 0 Å². The molecule has 5 heteroatoms. The van der Waals surface area contributed by atoms with Gasteiger partial charge >= 0.3 is 0 Å². The molecular weight excluding hydrogens is 216 g/mol. The van der Waals surface area contributed by atoms with Gasteiger partial charge in [-0.15, -0.1) is 0 Å². The number of rotatable bonds is 7. The predicted octanol–water partition coefficient (Wildman–Crippen LogP) is 1.58. The molecule has 1 atom stereocenters. The van der Waals surface area contributed by atoms with Gasteiger partial charge in [-0.2, -0.15) is 0 Å². The number of nitrogens with two attached hydrogens (primary N) is 1. The van der Waals surface area contributed by atoms with Gasteiger partial charge in [0.15, 0.2) is 0 Å². The van der Waals surface area contributed by atoms with Gasteiger partial charge in [0, 0.05) is 19.0 Å². The van der Waals surface area contributed by atoms with Crippen LogP contribution in [0.1, 0.15) is 38.9 Å². The molecule has 0 aliphatic carbocycles. The second-order valence-corrected chi connectivity index (χ2v) is 4.12. The van der Waals surface area contributed by atoms with Crippen molar-refractivity contribution in [2.45, 2.75) is 45.6 Å². The molecule has 0 saturated carbocycles. The number of anilines is 2. The molecule has 17 heavy (non-hydrogen) atoms. The predicted molar refractivity (Wildman–Crippen MR) is 69.8 cm³/mol. The summed E-state index contributed by atoms with van der Waals surface area (Å²) < 4.78 is 0. The molecule has 0 saturated heterocycles. The number of nitrogens with one attached hydrogen (secondary N) is 1. The van der Waals surface area contributed by atoms with E-state index in [1.54, 1.807) is 6.07 Å². The maximum absolute atomic E-state index is 9.43. The molecule has 1 heterocycles. The average Bonchev–Trinajstić information content (AvgIpc) is 2.28. The molecule has 0 spiro atoms. The van der Waals surface area contributed by atoms with Gasteiger partial charge in [0.2, 0.25) is 0 Å². The van der Waals surface area contributed by atoms with Crippen molar-refractivity contribution >= 4 is 11.6 Å². The van der Waals surface area contributed by atoms with Gasteiger partial charge in [-0.3, -0.25) is 0 Å². The molecule has 0 radical (unpaired) electrons. The highest BCUT2D eigenvalue weighted by Crippen LogP contribution is 2.10. The fourth-order valence-electron chi connectivity index (χ4n) is 1.51. The third kappa shape index (κ3) is 4.99. The summed E-state index contributed by atoms with van der Waals surface area (Å²) in [6, 6.07) is 1.72. The zero-order chi connectivity index (χ0) is 12.7. The van der Waals surface area contributed by atoms with Crippen LogP contribution < -0.4 is 11.1 Å². The van der Waals surface area contributed by atoms with Crippen molar-refractivity contribution < 1.29 is 5.11 Å². The van der Waals surface area contributed by atoms with E-state index in [-0.39, 0.29) is 6.10 Å². The SMILES string of the molecule is CCCc1nc(N)cc(NCCC(O)CC)n1. The minimum Gasteiger partial charge on any atom is -0.393 e. The Hall–Kier alpha value is -1.36. The fraction of sp³-hybridized carbons (Fsp3) is 0.667. The highest BCUT2D eigenvalue weighted by atomic mass is 16.3. The number of nitrogen functional groups attached to an aromatic ring is 1. The first kappa shape index (κ1) is 13.7. The largest absolute Gasteiger partial charge is 0.393 e. The molecule has 0 amide bonds. The molecule has 1 aromatic rings. The van der Waals surface area contributed by atoms with Gasteiger partial charge in [0.1, 0.15) is 17.5 Å². The summed E-state index contributed by atoms with van der Waals surface area (Å²) in [7, 11) is 0. The Morgan fingerprint density at radius 2 is 2.18 bits per heavy atom. The first-order valence-electron chi connectivity index (χ1n) is 6.21. The second kappa shape index (κ2) is 7.06. The van der Waals surface area contributed by atoms with Crippen LogP contribution in [0, 0.1) is 0 Å². The quantitative estimate of drug-likeness (QED) is 0.671. The number of aliphatic hydroxyl groups is 1. The van der Waals surface area contributed by atoms with Crippen LogP contribution in [-0.4, -0.2) is 27.7 Å². The van der Waals surface area contributed by atoms with Crippen molar-refractivity contribution in [3.63, 3.8) is 0 Å². The van der Waals surface area contributed by atoms with E-state index in [2.05, 4.69) is 22.2 Å². The molecule has 0 aromatic carbocycles. The van der Waals surface area contributed by atoms with E-state index in [0.717, 1.165) is 30.9 Å². The number of hydrogen-bond donors (Lipinski definition) is 3. The molecule has 1 unspecified atom stereocenters. The summed E-state index contributed by atoms with van der Waals surface area (Å²) in [5.41, 5.74) is 5.71. The number of aromatic nitrogens is 2. The van der Waals surface area contributed by atoms with Crippen molar-refractivity contribution in [3.05, 3.63) is 11.9 Å². The molecule has 1 aromatic heterocycles. The van der Waals surface area contributed by atoms with Crippen LogP contribution in [0.25, 0.3) is 0 Å². The lowest BCUT2D eigenvalue weighted by Gasteiger charge is -2.10. The number of aryl methyl sites for hydroxylation is 1. The van der Waals surface area contributed by atoms with E-state index in [1.165, 1.54) is 0 Å². The lowest BCUT2D eigenvalue weighted by molar-refractivity contribution is 0.164. The standard InChI is InChI=1S/C12H22N4O/c1-3-5-11-15-10(13)8-12(16-11)14-7-6-9(17)4-2/h8-9,17H,3-7H2,1-2H3,(H3,13,14,15,16). The molecule has 0 aliphatic rings. The van der Waals surface area contributed by atoms with Crippen LogP contribution in [0.4, 0.5) is 11.6 Å². The van der Waals surface area contributed by atoms with E-state index in [0.29, 0.717) is 18.8 Å². The van der Waals surface area contributed by atoms with Crippen LogP contribution in [0.15, 0.2) is 6.07 Å². The summed E-state index contributed by atoms with van der Waals surface area (Å²) in [5.74, 6) is 2.00. The summed E-state index contributed by atoms with van der Waals surface area (Å²) in [5, 5.41) is 12.6. The fourth-order valence-corrected chi connectivity index (χ4v) is 1.51. The average molecular weight is 238 g/mol. The van der Waals surface area contributed by atoms with Crippen molar-refractivity contribution in [2.75, 3.05) is 17.6 Å². The van der Waals surface area contributed by atoms with Gasteiger partial charge < -0.3 is 16.2 Å². The van der Waals surface area contributed by atoms with Gasteiger partial charge in [0.05, 0.1) is 6.10 Å². The van der Waals surface area contributed by atoms with Crippen LogP contribution >= 0.6 is 0 Å². The minimum absolute atomic E-state index is 0.253. The van der Waals surface area contributed by atoms with Crippen LogP contribution in [0.5, 0.6) is 0 Å². The van der Waals surface area contributed by atoms with E-state index >= 15 is 0 Å². The highest BCUT2D eigenvalue weighted by Gasteiger charge is 2.03. The van der Waals surface area contributed by atoms with E-state index < -0.39 is 0 Å². The Balaban J connectivity index is 2.52. The Morgan fingerprint density at radius 1 is 1.41 bits per heavy atom. The van der Waals surface area contributed by atoms with Crippen molar-refractivity contribution in [1.29, 1.82) is 0 Å². The zero-order valence-electron chi connectivity index (χ0n) is 10.6. The molecule has 96 valence electrons. The number of hydrogen-bond acceptors (Lipinski definition) is 5. The Morgan fingerprint density at radius 3 is 2.82 bits per heavy atom. The third-order valence-electron chi connectivity index (χ3n) is 2.52. The minimum atomic E-state index is -0.253. The Kier molecular flexibility index (Phi) is 5.69. The lowest BCUT2D eigenvalue weighted by atomic mass is 10.2. The topological polar surface area (TPSA) is 84.1 Å². The molecular formula is C12H22N4O. The van der Waals surface area contributed by atoms with E-state index in [1.807, 2.05) is 6.92 Å². The second-order valence-electron chi connectivity index (χ2n) is 4.12. The van der Waals surface area contributed by atoms with Crippen molar-refractivity contribution in [2.24, 2.45) is 0 Å². The normalized spacial score (nSPS) is 12.4. The molecule has 4 N–H and O–H groups in total. The van der Waals surface area contributed by atoms with Crippen LogP contribution in [0.2, 0.25) is 0 Å². The lowest BCUT2D eigenvalue weighted by Crippen LogP contribution is -2.13. The monoisotopic (exact) mass is 238 g/mol. The van der Waals surface area contributed by atoms with Gasteiger partial charge in [-0.1, -0.05) is 13.8 Å². The molecule has 0 aliphatic heterocycles.